The summed E-state index contributed by atoms with van der Waals surface area (Å²) in [7, 11) is 1.82. The Morgan fingerprint density at radius 2 is 1.89 bits per heavy atom. The smallest absolute Gasteiger partial charge is 0.234 e. The normalized spacial score (nSPS) is 15.2. The number of fused-ring (bicyclic) bond motifs is 1. The predicted octanol–water partition coefficient (Wildman–Crippen LogP) is 0.197. The Bertz CT molecular complexity index is 918. The van der Waals surface area contributed by atoms with Crippen LogP contribution in [-0.4, -0.2) is 68.5 Å². The van der Waals surface area contributed by atoms with Gasteiger partial charge in [0.05, 0.1) is 6.54 Å². The minimum Gasteiger partial charge on any atom is -0.352 e. The molecule has 3 heterocycles. The zero-order chi connectivity index (χ0) is 18.6. The summed E-state index contributed by atoms with van der Waals surface area (Å²) in [4.78, 5) is 25.2. The summed E-state index contributed by atoms with van der Waals surface area (Å²) in [5.41, 5.74) is 2.55. The third kappa shape index (κ3) is 3.87. The summed E-state index contributed by atoms with van der Waals surface area (Å²) >= 11 is 0. The van der Waals surface area contributed by atoms with Crippen molar-refractivity contribution in [1.29, 1.82) is 0 Å². The third-order valence-electron chi connectivity index (χ3n) is 4.74. The molecule has 1 saturated heterocycles. The number of aromatic nitrogens is 5. The van der Waals surface area contributed by atoms with Gasteiger partial charge in [0.2, 0.25) is 5.91 Å². The van der Waals surface area contributed by atoms with Crippen molar-refractivity contribution in [1.82, 2.24) is 35.2 Å². The molecule has 1 amide bonds. The van der Waals surface area contributed by atoms with E-state index < -0.39 is 0 Å². The van der Waals surface area contributed by atoms with Crippen LogP contribution in [0.1, 0.15) is 5.56 Å². The standard InChI is InChI=1S/C18H22N8O/c1-24-17-16(22-23-24)18(21-13-20-17)26-9-7-25(8-10-26)12-15(27)19-11-14-5-3-2-4-6-14/h2-6,13H,7-12H2,1H3,(H,19,27). The van der Waals surface area contributed by atoms with E-state index in [9.17, 15) is 4.79 Å². The van der Waals surface area contributed by atoms with E-state index in [-0.39, 0.29) is 5.91 Å². The summed E-state index contributed by atoms with van der Waals surface area (Å²) in [6.45, 7) is 4.13. The van der Waals surface area contributed by atoms with Crippen molar-refractivity contribution >= 4 is 22.9 Å². The summed E-state index contributed by atoms with van der Waals surface area (Å²) in [6, 6.07) is 9.93. The molecular formula is C18H22N8O. The quantitative estimate of drug-likeness (QED) is 0.689. The van der Waals surface area contributed by atoms with Gasteiger partial charge in [0, 0.05) is 39.8 Å². The van der Waals surface area contributed by atoms with E-state index in [1.807, 2.05) is 37.4 Å². The van der Waals surface area contributed by atoms with Gasteiger partial charge in [-0.15, -0.1) is 5.10 Å². The molecule has 1 aliphatic rings. The lowest BCUT2D eigenvalue weighted by Gasteiger charge is -2.34. The molecule has 4 rings (SSSR count). The van der Waals surface area contributed by atoms with Crippen LogP contribution in [0.25, 0.3) is 11.2 Å². The first kappa shape index (κ1) is 17.3. The molecule has 3 aromatic rings. The van der Waals surface area contributed by atoms with Gasteiger partial charge in [0.15, 0.2) is 17.0 Å². The molecule has 1 aliphatic heterocycles. The van der Waals surface area contributed by atoms with Crippen LogP contribution in [-0.2, 0) is 18.4 Å². The number of piperazine rings is 1. The fourth-order valence-corrected chi connectivity index (χ4v) is 3.25. The fourth-order valence-electron chi connectivity index (χ4n) is 3.25. The fraction of sp³-hybridized carbons (Fsp3) is 0.389. The lowest BCUT2D eigenvalue weighted by Crippen LogP contribution is -2.49. The Labute approximate surface area is 157 Å². The van der Waals surface area contributed by atoms with Crippen molar-refractivity contribution in [3.05, 3.63) is 42.2 Å². The maximum absolute atomic E-state index is 12.2. The van der Waals surface area contributed by atoms with Gasteiger partial charge < -0.3 is 10.2 Å². The van der Waals surface area contributed by atoms with Crippen LogP contribution in [0.5, 0.6) is 0 Å². The number of carbonyl (C=O) groups excluding carboxylic acids is 1. The molecule has 1 fully saturated rings. The first-order valence-corrected chi connectivity index (χ1v) is 8.99. The Hall–Kier alpha value is -3.07. The summed E-state index contributed by atoms with van der Waals surface area (Å²) in [6.07, 6.45) is 1.55. The van der Waals surface area contributed by atoms with E-state index in [4.69, 9.17) is 0 Å². The van der Waals surface area contributed by atoms with Gasteiger partial charge in [0.1, 0.15) is 6.33 Å². The zero-order valence-corrected chi connectivity index (χ0v) is 15.2. The number of carbonyl (C=O) groups is 1. The largest absolute Gasteiger partial charge is 0.352 e. The number of hydrogen-bond acceptors (Lipinski definition) is 7. The maximum atomic E-state index is 12.2. The highest BCUT2D eigenvalue weighted by Crippen LogP contribution is 2.21. The van der Waals surface area contributed by atoms with Crippen molar-refractivity contribution in [2.75, 3.05) is 37.6 Å². The Balaban J connectivity index is 1.30. The molecule has 1 N–H and O–H groups in total. The SMILES string of the molecule is Cn1nnc2c(N3CCN(CC(=O)NCc4ccccc4)CC3)ncnc21. The highest BCUT2D eigenvalue weighted by Gasteiger charge is 2.22. The number of benzene rings is 1. The Morgan fingerprint density at radius 3 is 2.67 bits per heavy atom. The maximum Gasteiger partial charge on any atom is 0.234 e. The van der Waals surface area contributed by atoms with E-state index in [0.717, 1.165) is 43.2 Å². The van der Waals surface area contributed by atoms with Gasteiger partial charge in [-0.25, -0.2) is 14.6 Å². The molecule has 0 bridgehead atoms. The molecule has 0 aliphatic carbocycles. The molecule has 0 saturated carbocycles. The van der Waals surface area contributed by atoms with Crippen LogP contribution in [0.15, 0.2) is 36.7 Å². The van der Waals surface area contributed by atoms with Crippen molar-refractivity contribution in [3.63, 3.8) is 0 Å². The van der Waals surface area contributed by atoms with E-state index in [0.29, 0.717) is 18.6 Å². The molecule has 9 nitrogen and oxygen atoms in total. The molecule has 0 spiro atoms. The molecule has 0 unspecified atom stereocenters. The minimum absolute atomic E-state index is 0.0469. The molecule has 140 valence electrons. The second kappa shape index (κ2) is 7.67. The molecule has 9 heteroatoms. The van der Waals surface area contributed by atoms with E-state index in [1.165, 1.54) is 0 Å². The number of amides is 1. The predicted molar refractivity (Wildman–Crippen MR) is 101 cm³/mol. The van der Waals surface area contributed by atoms with Crippen LogP contribution in [0, 0.1) is 0 Å². The lowest BCUT2D eigenvalue weighted by atomic mass is 10.2. The summed E-state index contributed by atoms with van der Waals surface area (Å²) < 4.78 is 1.65. The van der Waals surface area contributed by atoms with Gasteiger partial charge in [0.25, 0.3) is 0 Å². The highest BCUT2D eigenvalue weighted by molar-refractivity contribution is 5.82. The number of rotatable bonds is 5. The molecule has 0 atom stereocenters. The molecule has 2 aromatic heterocycles. The van der Waals surface area contributed by atoms with Crippen LogP contribution < -0.4 is 10.2 Å². The zero-order valence-electron chi connectivity index (χ0n) is 15.2. The van der Waals surface area contributed by atoms with Gasteiger partial charge in [-0.1, -0.05) is 35.5 Å². The van der Waals surface area contributed by atoms with Gasteiger partial charge in [-0.05, 0) is 5.56 Å². The van der Waals surface area contributed by atoms with Crippen molar-refractivity contribution in [2.45, 2.75) is 6.54 Å². The first-order chi connectivity index (χ1) is 13.2. The summed E-state index contributed by atoms with van der Waals surface area (Å²) in [5.74, 6) is 0.854. The van der Waals surface area contributed by atoms with Crippen molar-refractivity contribution in [2.24, 2.45) is 7.05 Å². The molecular weight excluding hydrogens is 344 g/mol. The first-order valence-electron chi connectivity index (χ1n) is 8.99. The number of nitrogens with zero attached hydrogens (tertiary/aromatic N) is 7. The molecule has 1 aromatic carbocycles. The third-order valence-corrected chi connectivity index (χ3v) is 4.74. The monoisotopic (exact) mass is 366 g/mol. The second-order valence-electron chi connectivity index (χ2n) is 6.61. The second-order valence-corrected chi connectivity index (χ2v) is 6.61. The van der Waals surface area contributed by atoms with Crippen molar-refractivity contribution in [3.8, 4) is 0 Å². The van der Waals surface area contributed by atoms with Crippen LogP contribution in [0.4, 0.5) is 5.82 Å². The number of hydrogen-bond donors (Lipinski definition) is 1. The average molecular weight is 366 g/mol. The van der Waals surface area contributed by atoms with E-state index in [1.54, 1.807) is 11.0 Å². The number of aryl methyl sites for hydroxylation is 1. The topological polar surface area (TPSA) is 92.1 Å². The minimum atomic E-state index is 0.0469. The average Bonchev–Trinajstić information content (AvgIpc) is 3.09. The summed E-state index contributed by atoms with van der Waals surface area (Å²) in [5, 5.41) is 11.2. The number of nitrogens with one attached hydrogen (secondary N) is 1. The molecule has 27 heavy (non-hydrogen) atoms. The van der Waals surface area contributed by atoms with E-state index >= 15 is 0 Å². The Morgan fingerprint density at radius 1 is 1.11 bits per heavy atom. The van der Waals surface area contributed by atoms with Crippen LogP contribution in [0.3, 0.4) is 0 Å². The molecule has 0 radical (unpaired) electrons. The highest BCUT2D eigenvalue weighted by atomic mass is 16.2. The Kier molecular flexibility index (Phi) is 4.93. The van der Waals surface area contributed by atoms with Gasteiger partial charge in [-0.2, -0.15) is 0 Å². The van der Waals surface area contributed by atoms with Gasteiger partial charge >= 0.3 is 0 Å². The van der Waals surface area contributed by atoms with Crippen LogP contribution >= 0.6 is 0 Å². The van der Waals surface area contributed by atoms with Crippen LogP contribution in [0.2, 0.25) is 0 Å². The number of anilines is 1. The lowest BCUT2D eigenvalue weighted by molar-refractivity contribution is -0.122. The van der Waals surface area contributed by atoms with E-state index in [2.05, 4.69) is 35.4 Å². The van der Waals surface area contributed by atoms with Crippen molar-refractivity contribution < 1.29 is 4.79 Å². The van der Waals surface area contributed by atoms with Gasteiger partial charge in [-0.3, -0.25) is 9.69 Å².